The second-order valence-electron chi connectivity index (χ2n) is 11.7. The highest BCUT2D eigenvalue weighted by atomic mass is 32.2. The lowest BCUT2D eigenvalue weighted by molar-refractivity contribution is -0.0312. The molecule has 3 aromatic rings. The maximum atomic E-state index is 13.8. The standard InChI is InChI=1S/C32H42N4O8S2/c1-34-45(38,39)30-5-3-4-28(16-30)43-22-27(37)20-35-26-18-32(44-21-26)10-12-36(13-11-32)46(40,41)31-15-25(14-29(17-31)42-2)24-8-6-23(19-33)7-9-24/h3-9,14-17,26-27,34-35,37H,10-13,18-22,33H2,1-2H3/t26-,27-/m0/s1. The molecule has 12 nitrogen and oxygen atoms in total. The van der Waals surface area contributed by atoms with E-state index in [0.29, 0.717) is 57.0 Å². The number of sulfonamides is 2. The summed E-state index contributed by atoms with van der Waals surface area (Å²) in [5, 5.41) is 13.8. The van der Waals surface area contributed by atoms with Gasteiger partial charge in [-0.05, 0) is 67.3 Å². The van der Waals surface area contributed by atoms with Gasteiger partial charge in [-0.25, -0.2) is 21.6 Å². The summed E-state index contributed by atoms with van der Waals surface area (Å²) in [7, 11) is -4.53. The first-order valence-corrected chi connectivity index (χ1v) is 18.1. The van der Waals surface area contributed by atoms with E-state index >= 15 is 0 Å². The zero-order valence-corrected chi connectivity index (χ0v) is 27.6. The smallest absolute Gasteiger partial charge is 0.243 e. The number of hydrogen-bond acceptors (Lipinski definition) is 10. The average Bonchev–Trinajstić information content (AvgIpc) is 3.48. The fraction of sp³-hybridized carbons (Fsp3) is 0.438. The minimum atomic E-state index is -3.78. The van der Waals surface area contributed by atoms with E-state index in [4.69, 9.17) is 19.9 Å². The van der Waals surface area contributed by atoms with E-state index in [0.717, 1.165) is 16.7 Å². The highest BCUT2D eigenvalue weighted by molar-refractivity contribution is 7.89. The van der Waals surface area contributed by atoms with Crippen LogP contribution in [0.5, 0.6) is 11.5 Å². The summed E-state index contributed by atoms with van der Waals surface area (Å²) in [5.41, 5.74) is 7.89. The molecule has 250 valence electrons. The number of ether oxygens (including phenoxy) is 3. The number of benzene rings is 3. The SMILES string of the molecule is CNS(=O)(=O)c1cccc(OC[C@@H](O)CN[C@@H]2COC3(CCN(S(=O)(=O)c4cc(OC)cc(-c5ccc(CN)cc5)c4)CC3)C2)c1. The minimum Gasteiger partial charge on any atom is -0.497 e. The number of aliphatic hydroxyl groups excluding tert-OH is 1. The van der Waals surface area contributed by atoms with Crippen molar-refractivity contribution in [1.82, 2.24) is 14.3 Å². The van der Waals surface area contributed by atoms with E-state index in [1.165, 1.54) is 30.6 Å². The minimum absolute atomic E-state index is 0.00601. The lowest BCUT2D eigenvalue weighted by Crippen LogP contribution is -2.47. The Morgan fingerprint density at radius 2 is 1.72 bits per heavy atom. The molecule has 0 radical (unpaired) electrons. The van der Waals surface area contributed by atoms with Crippen LogP contribution in [0.2, 0.25) is 0 Å². The lowest BCUT2D eigenvalue weighted by atomic mass is 9.88. The van der Waals surface area contributed by atoms with Crippen molar-refractivity contribution in [2.75, 3.05) is 47.0 Å². The summed E-state index contributed by atoms with van der Waals surface area (Å²) in [6, 6.07) is 18.8. The number of rotatable bonds is 13. The van der Waals surface area contributed by atoms with Crippen molar-refractivity contribution in [3.63, 3.8) is 0 Å². The monoisotopic (exact) mass is 674 g/mol. The Hall–Kier alpha value is -3.08. The molecule has 0 aromatic heterocycles. The maximum Gasteiger partial charge on any atom is 0.243 e. The zero-order chi connectivity index (χ0) is 33.0. The first kappa shape index (κ1) is 34.3. The van der Waals surface area contributed by atoms with Gasteiger partial charge in [0.2, 0.25) is 20.0 Å². The van der Waals surface area contributed by atoms with E-state index in [-0.39, 0.29) is 29.0 Å². The fourth-order valence-corrected chi connectivity index (χ4v) is 8.12. The third kappa shape index (κ3) is 7.89. The summed E-state index contributed by atoms with van der Waals surface area (Å²) < 4.78 is 72.6. The van der Waals surface area contributed by atoms with Crippen LogP contribution in [-0.2, 0) is 31.3 Å². The number of nitrogens with two attached hydrogens (primary N) is 1. The highest BCUT2D eigenvalue weighted by Gasteiger charge is 2.44. The van der Waals surface area contributed by atoms with Crippen LogP contribution in [0.4, 0.5) is 0 Å². The van der Waals surface area contributed by atoms with Crippen molar-refractivity contribution in [3.05, 3.63) is 72.3 Å². The molecule has 0 unspecified atom stereocenters. The molecule has 2 saturated heterocycles. The Bertz CT molecular complexity index is 1710. The molecule has 46 heavy (non-hydrogen) atoms. The van der Waals surface area contributed by atoms with Crippen molar-refractivity contribution in [3.8, 4) is 22.6 Å². The lowest BCUT2D eigenvalue weighted by Gasteiger charge is -2.38. The number of methoxy groups -OCH3 is 1. The van der Waals surface area contributed by atoms with Gasteiger partial charge < -0.3 is 30.4 Å². The second-order valence-corrected chi connectivity index (χ2v) is 15.5. The summed E-state index contributed by atoms with van der Waals surface area (Å²) in [6.45, 7) is 1.76. The fourth-order valence-electron chi connectivity index (χ4n) is 5.85. The van der Waals surface area contributed by atoms with Gasteiger partial charge in [-0.3, -0.25) is 0 Å². The van der Waals surface area contributed by atoms with Gasteiger partial charge in [-0.2, -0.15) is 4.31 Å². The van der Waals surface area contributed by atoms with Crippen molar-refractivity contribution >= 4 is 20.0 Å². The van der Waals surface area contributed by atoms with Crippen molar-refractivity contribution in [2.45, 2.75) is 53.3 Å². The highest BCUT2D eigenvalue weighted by Crippen LogP contribution is 2.38. The third-order valence-electron chi connectivity index (χ3n) is 8.59. The molecule has 2 atom stereocenters. The Balaban J connectivity index is 1.14. The van der Waals surface area contributed by atoms with Gasteiger partial charge in [-0.1, -0.05) is 30.3 Å². The van der Waals surface area contributed by atoms with Crippen LogP contribution in [0.3, 0.4) is 0 Å². The Kier molecular flexibility index (Phi) is 10.7. The van der Waals surface area contributed by atoms with Gasteiger partial charge >= 0.3 is 0 Å². The Morgan fingerprint density at radius 1 is 1.00 bits per heavy atom. The summed E-state index contributed by atoms with van der Waals surface area (Å²) in [5.74, 6) is 0.801. The van der Waals surface area contributed by atoms with E-state index in [1.807, 2.05) is 30.3 Å². The molecular formula is C32H42N4O8S2. The van der Waals surface area contributed by atoms with Gasteiger partial charge in [-0.15, -0.1) is 0 Å². The summed E-state index contributed by atoms with van der Waals surface area (Å²) >= 11 is 0. The maximum absolute atomic E-state index is 13.8. The van der Waals surface area contributed by atoms with Crippen LogP contribution < -0.4 is 25.2 Å². The van der Waals surface area contributed by atoms with E-state index in [2.05, 4.69) is 10.0 Å². The van der Waals surface area contributed by atoms with Crippen molar-refractivity contribution < 1.29 is 36.2 Å². The zero-order valence-electron chi connectivity index (χ0n) is 26.0. The van der Waals surface area contributed by atoms with E-state index < -0.39 is 31.8 Å². The van der Waals surface area contributed by atoms with Crippen LogP contribution in [0.1, 0.15) is 24.8 Å². The number of nitrogens with zero attached hydrogens (tertiary/aromatic N) is 1. The van der Waals surface area contributed by atoms with Crippen LogP contribution in [-0.4, -0.2) is 91.0 Å². The number of aliphatic hydroxyl groups is 1. The first-order chi connectivity index (χ1) is 22.0. The molecule has 2 fully saturated rings. The molecule has 0 amide bonds. The van der Waals surface area contributed by atoms with Crippen LogP contribution in [0.25, 0.3) is 11.1 Å². The molecular weight excluding hydrogens is 633 g/mol. The number of hydrogen-bond donors (Lipinski definition) is 4. The molecule has 0 aliphatic carbocycles. The molecule has 3 aromatic carbocycles. The molecule has 2 heterocycles. The molecule has 2 aliphatic rings. The summed E-state index contributed by atoms with van der Waals surface area (Å²) in [6.07, 6.45) is 0.971. The molecule has 2 aliphatic heterocycles. The first-order valence-electron chi connectivity index (χ1n) is 15.2. The predicted molar refractivity (Wildman–Crippen MR) is 174 cm³/mol. The average molecular weight is 675 g/mol. The van der Waals surface area contributed by atoms with Crippen molar-refractivity contribution in [2.24, 2.45) is 5.73 Å². The van der Waals surface area contributed by atoms with Crippen LogP contribution >= 0.6 is 0 Å². The van der Waals surface area contributed by atoms with Gasteiger partial charge in [0.05, 0.1) is 29.1 Å². The molecule has 1 spiro atoms. The third-order valence-corrected chi connectivity index (χ3v) is 11.9. The number of piperidine rings is 1. The van der Waals surface area contributed by atoms with Crippen molar-refractivity contribution in [1.29, 1.82) is 0 Å². The Labute approximate surface area is 270 Å². The second kappa shape index (κ2) is 14.4. The molecule has 5 rings (SSSR count). The molecule has 0 bridgehead atoms. The molecule has 5 N–H and O–H groups in total. The molecule has 14 heteroatoms. The normalized spacial score (nSPS) is 19.3. The van der Waals surface area contributed by atoms with Crippen LogP contribution in [0.15, 0.2) is 76.5 Å². The van der Waals surface area contributed by atoms with Gasteiger partial charge in [0.25, 0.3) is 0 Å². The van der Waals surface area contributed by atoms with Gasteiger partial charge in [0.1, 0.15) is 24.2 Å². The van der Waals surface area contributed by atoms with Gasteiger partial charge in [0.15, 0.2) is 0 Å². The van der Waals surface area contributed by atoms with E-state index in [1.54, 1.807) is 24.3 Å². The topological polar surface area (TPSA) is 170 Å². The van der Waals surface area contributed by atoms with E-state index in [9.17, 15) is 21.9 Å². The quantitative estimate of drug-likeness (QED) is 0.211. The molecule has 0 saturated carbocycles. The van der Waals surface area contributed by atoms with Crippen LogP contribution in [0, 0.1) is 0 Å². The predicted octanol–water partition coefficient (Wildman–Crippen LogP) is 2.07. The summed E-state index contributed by atoms with van der Waals surface area (Å²) in [4.78, 5) is 0.258. The van der Waals surface area contributed by atoms with Gasteiger partial charge in [0, 0.05) is 44.4 Å². The largest absolute Gasteiger partial charge is 0.497 e. The Morgan fingerprint density at radius 3 is 2.39 bits per heavy atom. The number of nitrogens with one attached hydrogen (secondary N) is 2.